The van der Waals surface area contributed by atoms with E-state index >= 15 is 0 Å². The van der Waals surface area contributed by atoms with Crippen LogP contribution < -0.4 is 20.1 Å². The summed E-state index contributed by atoms with van der Waals surface area (Å²) in [6.45, 7) is 6.59. The van der Waals surface area contributed by atoms with Crippen LogP contribution in [0, 0.1) is 5.82 Å². The molecular formula is C26H32FN3O4. The van der Waals surface area contributed by atoms with Gasteiger partial charge in [0.25, 0.3) is 5.91 Å². The second kappa shape index (κ2) is 11.3. The van der Waals surface area contributed by atoms with Gasteiger partial charge in [-0.3, -0.25) is 9.59 Å². The lowest BCUT2D eigenvalue weighted by molar-refractivity contribution is -0.114. The van der Waals surface area contributed by atoms with Crippen LogP contribution >= 0.6 is 0 Å². The predicted octanol–water partition coefficient (Wildman–Crippen LogP) is 3.19. The van der Waals surface area contributed by atoms with Crippen molar-refractivity contribution in [1.82, 2.24) is 4.90 Å². The maximum Gasteiger partial charge on any atom is 0.289 e. The molecule has 34 heavy (non-hydrogen) atoms. The number of amides is 1. The van der Waals surface area contributed by atoms with E-state index in [1.165, 1.54) is 32.4 Å². The molecule has 0 aromatic heterocycles. The first-order valence-corrected chi connectivity index (χ1v) is 12.0. The van der Waals surface area contributed by atoms with E-state index in [-0.39, 0.29) is 11.6 Å². The van der Waals surface area contributed by atoms with Gasteiger partial charge in [-0.25, -0.2) is 4.39 Å². The molecule has 0 unspecified atom stereocenters. The quantitative estimate of drug-likeness (QED) is 0.495. The number of carbonyl (C=O) groups is 2. The molecule has 0 saturated carbocycles. The fourth-order valence-electron chi connectivity index (χ4n) is 4.36. The van der Waals surface area contributed by atoms with Gasteiger partial charge in [0.2, 0.25) is 5.78 Å². The van der Waals surface area contributed by atoms with Gasteiger partial charge in [0.1, 0.15) is 13.2 Å². The fourth-order valence-corrected chi connectivity index (χ4v) is 4.36. The lowest BCUT2D eigenvalue weighted by Gasteiger charge is -2.30. The van der Waals surface area contributed by atoms with Crippen molar-refractivity contribution < 1.29 is 23.5 Å². The number of benzene rings is 2. The zero-order valence-electron chi connectivity index (χ0n) is 19.4. The number of aryl methyl sites for hydroxylation is 1. The molecule has 0 atom stereocenters. The molecule has 0 bridgehead atoms. The molecule has 2 N–H and O–H groups in total. The second-order valence-electron chi connectivity index (χ2n) is 8.83. The Morgan fingerprint density at radius 2 is 1.65 bits per heavy atom. The Morgan fingerprint density at radius 3 is 2.29 bits per heavy atom. The molecule has 182 valence electrons. The average Bonchev–Trinajstić information content (AvgIpc) is 3.36. The molecule has 5 rings (SSSR count). The minimum absolute atomic E-state index is 0.271. The highest BCUT2D eigenvalue weighted by Gasteiger charge is 2.18. The van der Waals surface area contributed by atoms with Gasteiger partial charge in [-0.15, -0.1) is 0 Å². The number of hydrogen-bond acceptors (Lipinski definition) is 6. The Balaban J connectivity index is 0.000000162. The van der Waals surface area contributed by atoms with Crippen molar-refractivity contribution in [2.75, 3.05) is 50.8 Å². The van der Waals surface area contributed by atoms with Crippen molar-refractivity contribution in [3.63, 3.8) is 0 Å². The Labute approximate surface area is 199 Å². The molecule has 2 aromatic carbocycles. The number of nitrogens with zero attached hydrogens (tertiary/aromatic N) is 2. The third-order valence-corrected chi connectivity index (χ3v) is 6.37. The second-order valence-corrected chi connectivity index (χ2v) is 8.83. The summed E-state index contributed by atoms with van der Waals surface area (Å²) in [6, 6.07) is 10.5. The number of rotatable bonds is 7. The van der Waals surface area contributed by atoms with Crippen LogP contribution in [-0.4, -0.2) is 62.5 Å². The number of hydrogen-bond donors (Lipinski definition) is 1. The topological polar surface area (TPSA) is 85.1 Å². The number of anilines is 1. The monoisotopic (exact) mass is 469 g/mol. The molecule has 0 spiro atoms. The normalized spacial score (nSPS) is 16.9. The standard InChI is InChI=1S/C14H18FNO2.C12H14N2O2/c15-12-9-11(3-1-4-16-5-2-6-16)10-13-14(12)18-8-7-17-13;13-12(16)11(15)9-3-5-10(6-4-9)14-7-1-2-8-14/h9-10H,1-8H2;3-6H,1-2,7-8H2,(H2,13,16). The van der Waals surface area contributed by atoms with E-state index in [0.29, 0.717) is 24.5 Å². The van der Waals surface area contributed by atoms with E-state index in [0.717, 1.165) is 43.7 Å². The fraction of sp³-hybridized carbons (Fsp3) is 0.462. The van der Waals surface area contributed by atoms with Crippen LogP contribution in [0.15, 0.2) is 36.4 Å². The molecule has 8 heteroatoms. The van der Waals surface area contributed by atoms with Gasteiger partial charge >= 0.3 is 0 Å². The van der Waals surface area contributed by atoms with Gasteiger partial charge in [0.05, 0.1) is 0 Å². The summed E-state index contributed by atoms with van der Waals surface area (Å²) in [6.07, 6.45) is 5.70. The molecule has 1 amide bonds. The number of halogens is 1. The van der Waals surface area contributed by atoms with Gasteiger partial charge < -0.3 is 25.0 Å². The summed E-state index contributed by atoms with van der Waals surface area (Å²) in [7, 11) is 0. The van der Waals surface area contributed by atoms with Gasteiger partial charge in [0.15, 0.2) is 17.3 Å². The number of ketones is 1. The zero-order chi connectivity index (χ0) is 23.9. The summed E-state index contributed by atoms with van der Waals surface area (Å²) in [5, 5.41) is 0. The van der Waals surface area contributed by atoms with E-state index in [2.05, 4.69) is 9.80 Å². The summed E-state index contributed by atoms with van der Waals surface area (Å²) in [5.41, 5.74) is 7.38. The molecule has 0 aliphatic carbocycles. The number of carbonyl (C=O) groups excluding carboxylic acids is 2. The van der Waals surface area contributed by atoms with E-state index in [9.17, 15) is 14.0 Å². The molecule has 3 aliphatic rings. The molecular weight excluding hydrogens is 437 g/mol. The Hall–Kier alpha value is -3.13. The van der Waals surface area contributed by atoms with Crippen molar-refractivity contribution in [1.29, 1.82) is 0 Å². The van der Waals surface area contributed by atoms with Crippen molar-refractivity contribution >= 4 is 17.4 Å². The smallest absolute Gasteiger partial charge is 0.289 e. The SMILES string of the molecule is Fc1cc(CCCN2CCC2)cc2c1OCCO2.NC(=O)C(=O)c1ccc(N2CCCC2)cc1. The highest BCUT2D eigenvalue weighted by atomic mass is 19.1. The first-order valence-electron chi connectivity index (χ1n) is 12.0. The molecule has 2 fully saturated rings. The summed E-state index contributed by atoms with van der Waals surface area (Å²) in [5.74, 6) is -1.01. The van der Waals surface area contributed by atoms with Gasteiger partial charge in [-0.1, -0.05) is 0 Å². The maximum atomic E-state index is 13.8. The first-order chi connectivity index (χ1) is 16.5. The summed E-state index contributed by atoms with van der Waals surface area (Å²) >= 11 is 0. The highest BCUT2D eigenvalue weighted by molar-refractivity contribution is 6.42. The first kappa shape index (κ1) is 24.0. The Bertz CT molecular complexity index is 1000. The Kier molecular flexibility index (Phi) is 8.00. The predicted molar refractivity (Wildman–Crippen MR) is 128 cm³/mol. The van der Waals surface area contributed by atoms with Crippen molar-refractivity contribution in [3.05, 3.63) is 53.3 Å². The van der Waals surface area contributed by atoms with Crippen LogP contribution in [0.4, 0.5) is 10.1 Å². The largest absolute Gasteiger partial charge is 0.486 e. The van der Waals surface area contributed by atoms with Gasteiger partial charge in [0, 0.05) is 24.3 Å². The van der Waals surface area contributed by atoms with Crippen molar-refractivity contribution in [2.24, 2.45) is 5.73 Å². The lowest BCUT2D eigenvalue weighted by atomic mass is 10.1. The van der Waals surface area contributed by atoms with Crippen LogP contribution in [0.3, 0.4) is 0 Å². The van der Waals surface area contributed by atoms with Crippen LogP contribution in [0.5, 0.6) is 11.5 Å². The molecule has 3 heterocycles. The summed E-state index contributed by atoms with van der Waals surface area (Å²) < 4.78 is 24.5. The number of fused-ring (bicyclic) bond motifs is 1. The van der Waals surface area contributed by atoms with Crippen LogP contribution in [0.1, 0.15) is 41.6 Å². The molecule has 2 saturated heterocycles. The molecule has 7 nitrogen and oxygen atoms in total. The average molecular weight is 470 g/mol. The lowest BCUT2D eigenvalue weighted by Crippen LogP contribution is -2.37. The van der Waals surface area contributed by atoms with E-state index in [4.69, 9.17) is 15.2 Å². The van der Waals surface area contributed by atoms with Gasteiger partial charge in [-0.05, 0) is 93.7 Å². The zero-order valence-corrected chi connectivity index (χ0v) is 19.4. The Morgan fingerprint density at radius 1 is 0.941 bits per heavy atom. The molecule has 0 radical (unpaired) electrons. The van der Waals surface area contributed by atoms with E-state index in [1.807, 2.05) is 18.2 Å². The van der Waals surface area contributed by atoms with Gasteiger partial charge in [-0.2, -0.15) is 0 Å². The third-order valence-electron chi connectivity index (χ3n) is 6.37. The van der Waals surface area contributed by atoms with E-state index in [1.54, 1.807) is 18.2 Å². The highest BCUT2D eigenvalue weighted by Crippen LogP contribution is 2.34. The molecule has 2 aromatic rings. The number of Topliss-reactive ketones (excluding diaryl/α,β-unsaturated/α-hetero) is 1. The molecule has 3 aliphatic heterocycles. The maximum absolute atomic E-state index is 13.8. The number of primary amides is 1. The number of ether oxygens (including phenoxy) is 2. The van der Waals surface area contributed by atoms with Crippen LogP contribution in [0.25, 0.3) is 0 Å². The third kappa shape index (κ3) is 6.05. The number of likely N-dealkylation sites (tertiary alicyclic amines) is 1. The number of nitrogens with two attached hydrogens (primary N) is 1. The van der Waals surface area contributed by atoms with Crippen molar-refractivity contribution in [2.45, 2.75) is 32.1 Å². The van der Waals surface area contributed by atoms with E-state index < -0.39 is 11.7 Å². The minimum Gasteiger partial charge on any atom is -0.486 e. The van der Waals surface area contributed by atoms with Crippen LogP contribution in [-0.2, 0) is 11.2 Å². The van der Waals surface area contributed by atoms with Crippen molar-refractivity contribution in [3.8, 4) is 11.5 Å². The minimum atomic E-state index is -0.908. The summed E-state index contributed by atoms with van der Waals surface area (Å²) in [4.78, 5) is 26.7. The van der Waals surface area contributed by atoms with Crippen LogP contribution in [0.2, 0.25) is 0 Å².